The van der Waals surface area contributed by atoms with Crippen molar-refractivity contribution in [1.82, 2.24) is 4.98 Å². The molecule has 0 bridgehead atoms. The monoisotopic (exact) mass is 237 g/mol. The molecule has 1 nitrogen and oxygen atoms in total. The van der Waals surface area contributed by atoms with Crippen LogP contribution in [0.5, 0.6) is 0 Å². The van der Waals surface area contributed by atoms with E-state index in [9.17, 15) is 4.39 Å². The van der Waals surface area contributed by atoms with Crippen molar-refractivity contribution in [3.8, 4) is 0 Å². The fourth-order valence-corrected chi connectivity index (χ4v) is 0.873. The lowest BCUT2D eigenvalue weighted by molar-refractivity contribution is 0.571. The van der Waals surface area contributed by atoms with Gasteiger partial charge in [-0.1, -0.05) is 6.07 Å². The number of rotatable bonds is 0. The van der Waals surface area contributed by atoms with Crippen molar-refractivity contribution in [3.63, 3.8) is 0 Å². The number of halogens is 2. The number of aromatic nitrogens is 1. The van der Waals surface area contributed by atoms with Gasteiger partial charge in [-0.15, -0.1) is 0 Å². The zero-order valence-corrected chi connectivity index (χ0v) is 7.02. The van der Waals surface area contributed by atoms with E-state index in [4.69, 9.17) is 0 Å². The molecule has 0 aliphatic heterocycles. The van der Waals surface area contributed by atoms with Crippen LogP contribution in [0.2, 0.25) is 0 Å². The minimum atomic E-state index is -0.373. The van der Waals surface area contributed by atoms with Gasteiger partial charge in [-0.25, -0.2) is 4.98 Å². The maximum atomic E-state index is 12.5. The summed E-state index contributed by atoms with van der Waals surface area (Å²) in [6, 6.07) is 3.49. The highest BCUT2D eigenvalue weighted by Gasteiger charge is 1.96. The Balaban J connectivity index is 3.17. The molecule has 1 rings (SSSR count). The minimum absolute atomic E-state index is 0.373. The van der Waals surface area contributed by atoms with Crippen LogP contribution in [0.1, 0.15) is 5.56 Å². The average Bonchev–Trinajstić information content (AvgIpc) is 1.80. The Morgan fingerprint density at radius 1 is 1.56 bits per heavy atom. The zero-order chi connectivity index (χ0) is 6.85. The maximum Gasteiger partial charge on any atom is 0.216 e. The highest BCUT2D eigenvalue weighted by atomic mass is 127. The van der Waals surface area contributed by atoms with E-state index >= 15 is 0 Å². The van der Waals surface area contributed by atoms with Crippen LogP contribution >= 0.6 is 22.6 Å². The van der Waals surface area contributed by atoms with Crippen LogP contribution in [0.25, 0.3) is 0 Å². The Morgan fingerprint density at radius 3 is 2.67 bits per heavy atom. The molecule has 0 saturated heterocycles. The lowest BCUT2D eigenvalue weighted by atomic mass is 10.3. The van der Waals surface area contributed by atoms with Crippen LogP contribution in [0.4, 0.5) is 4.39 Å². The fraction of sp³-hybridized carbons (Fsp3) is 0.167. The van der Waals surface area contributed by atoms with E-state index < -0.39 is 0 Å². The molecule has 1 heterocycles. The quantitative estimate of drug-likeness (QED) is 0.497. The normalized spacial score (nSPS) is 9.67. The first-order valence-electron chi connectivity index (χ1n) is 2.49. The summed E-state index contributed by atoms with van der Waals surface area (Å²) >= 11 is 1.97. The number of hydrogen-bond acceptors (Lipinski definition) is 1. The van der Waals surface area contributed by atoms with Crippen molar-refractivity contribution in [1.29, 1.82) is 0 Å². The summed E-state index contributed by atoms with van der Waals surface area (Å²) in [5.41, 5.74) is 0.593. The molecule has 0 aliphatic carbocycles. The third kappa shape index (κ3) is 1.61. The second-order valence-corrected chi connectivity index (χ2v) is 2.85. The summed E-state index contributed by atoms with van der Waals surface area (Å²) < 4.78 is 13.2. The van der Waals surface area contributed by atoms with E-state index in [1.807, 2.05) is 22.6 Å². The molecule has 0 N–H and O–H groups in total. The Hall–Kier alpha value is -0.190. The predicted molar refractivity (Wildman–Crippen MR) is 41.6 cm³/mol. The van der Waals surface area contributed by atoms with Crippen LogP contribution < -0.4 is 0 Å². The van der Waals surface area contributed by atoms with E-state index in [-0.39, 0.29) is 5.95 Å². The molecule has 0 fully saturated rings. The second-order valence-electron chi connectivity index (χ2n) is 1.74. The molecule has 0 radical (unpaired) electrons. The topological polar surface area (TPSA) is 12.9 Å². The first-order chi connectivity index (χ1) is 4.20. The zero-order valence-electron chi connectivity index (χ0n) is 4.86. The van der Waals surface area contributed by atoms with Crippen LogP contribution in [-0.2, 0) is 0 Å². The maximum absolute atomic E-state index is 12.5. The number of pyridine rings is 1. The van der Waals surface area contributed by atoms with Crippen LogP contribution in [0.3, 0.4) is 0 Å². The Bertz CT molecular complexity index is 224. The Kier molecular flexibility index (Phi) is 2.00. The van der Waals surface area contributed by atoms with Crippen molar-refractivity contribution in [2.75, 3.05) is 0 Å². The third-order valence-electron chi connectivity index (χ3n) is 1.00. The molecule has 3 heteroatoms. The summed E-state index contributed by atoms with van der Waals surface area (Å²) in [6.07, 6.45) is 0. The molecule has 1 aromatic heterocycles. The van der Waals surface area contributed by atoms with E-state index in [0.717, 1.165) is 0 Å². The molecule has 0 aromatic carbocycles. The molecule has 0 spiro atoms. The highest BCUT2D eigenvalue weighted by molar-refractivity contribution is 14.1. The van der Waals surface area contributed by atoms with Gasteiger partial charge >= 0.3 is 0 Å². The molecule has 0 saturated carbocycles. The Labute approximate surface area is 66.4 Å². The third-order valence-corrected chi connectivity index (χ3v) is 1.60. The van der Waals surface area contributed by atoms with Crippen LogP contribution in [0, 0.1) is 16.6 Å². The van der Waals surface area contributed by atoms with E-state index in [2.05, 4.69) is 4.98 Å². The summed E-state index contributed by atoms with van der Waals surface area (Å²) in [5.74, 6) is -0.373. The van der Waals surface area contributed by atoms with Crippen molar-refractivity contribution in [2.24, 2.45) is 0 Å². The molecule has 9 heavy (non-hydrogen) atoms. The lowest BCUT2D eigenvalue weighted by Gasteiger charge is -1.92. The highest BCUT2D eigenvalue weighted by Crippen LogP contribution is 2.05. The van der Waals surface area contributed by atoms with Crippen molar-refractivity contribution < 1.29 is 4.39 Å². The minimum Gasteiger partial charge on any atom is -0.213 e. The summed E-state index contributed by atoms with van der Waals surface area (Å²) in [4.78, 5) is 3.59. The SMILES string of the molecule is Cc1ccc(I)nc1F. The number of nitrogens with zero attached hydrogens (tertiary/aromatic N) is 1. The van der Waals surface area contributed by atoms with Gasteiger partial charge in [0.15, 0.2) is 0 Å². The summed E-state index contributed by atoms with van der Waals surface area (Å²) in [5, 5.41) is 0. The smallest absolute Gasteiger partial charge is 0.213 e. The molecule has 48 valence electrons. The van der Waals surface area contributed by atoms with Crippen molar-refractivity contribution in [3.05, 3.63) is 27.3 Å². The van der Waals surface area contributed by atoms with Crippen molar-refractivity contribution >= 4 is 22.6 Å². The van der Waals surface area contributed by atoms with Gasteiger partial charge in [0.25, 0.3) is 0 Å². The van der Waals surface area contributed by atoms with Gasteiger partial charge in [0.05, 0.1) is 0 Å². The Morgan fingerprint density at radius 2 is 2.22 bits per heavy atom. The summed E-state index contributed by atoms with van der Waals surface area (Å²) in [7, 11) is 0. The van der Waals surface area contributed by atoms with E-state index in [1.165, 1.54) is 0 Å². The lowest BCUT2D eigenvalue weighted by Crippen LogP contribution is -1.88. The van der Waals surface area contributed by atoms with Gasteiger partial charge in [-0.05, 0) is 35.6 Å². The van der Waals surface area contributed by atoms with E-state index in [1.54, 1.807) is 19.1 Å². The molecule has 0 amide bonds. The predicted octanol–water partition coefficient (Wildman–Crippen LogP) is 2.13. The molecule has 0 unspecified atom stereocenters. The van der Waals surface area contributed by atoms with Gasteiger partial charge in [0, 0.05) is 5.56 Å². The largest absolute Gasteiger partial charge is 0.216 e. The van der Waals surface area contributed by atoms with Crippen LogP contribution in [0.15, 0.2) is 12.1 Å². The summed E-state index contributed by atoms with van der Waals surface area (Å²) in [6.45, 7) is 1.69. The molecular formula is C6H5FIN. The molecular weight excluding hydrogens is 232 g/mol. The van der Waals surface area contributed by atoms with Gasteiger partial charge in [0.1, 0.15) is 3.70 Å². The first kappa shape index (κ1) is 6.92. The number of hydrogen-bond donors (Lipinski definition) is 0. The number of aryl methyl sites for hydroxylation is 1. The average molecular weight is 237 g/mol. The van der Waals surface area contributed by atoms with Gasteiger partial charge in [-0.3, -0.25) is 0 Å². The van der Waals surface area contributed by atoms with Gasteiger partial charge in [-0.2, -0.15) is 4.39 Å². The van der Waals surface area contributed by atoms with Crippen LogP contribution in [-0.4, -0.2) is 4.98 Å². The standard InChI is InChI=1S/C6H5FIN/c1-4-2-3-5(8)9-6(4)7/h2-3H,1H3. The fourth-order valence-electron chi connectivity index (χ4n) is 0.482. The molecule has 0 atom stereocenters. The second kappa shape index (κ2) is 2.60. The van der Waals surface area contributed by atoms with Crippen molar-refractivity contribution in [2.45, 2.75) is 6.92 Å². The van der Waals surface area contributed by atoms with Gasteiger partial charge < -0.3 is 0 Å². The molecule has 0 aliphatic rings. The first-order valence-corrected chi connectivity index (χ1v) is 3.56. The van der Waals surface area contributed by atoms with E-state index in [0.29, 0.717) is 9.26 Å². The van der Waals surface area contributed by atoms with Gasteiger partial charge in [0.2, 0.25) is 5.95 Å². The molecule has 1 aromatic rings.